The smallest absolute Gasteiger partial charge is 0.322 e. The number of aliphatic carboxylic acids is 1. The number of benzene rings is 4. The summed E-state index contributed by atoms with van der Waals surface area (Å²) in [6.07, 6.45) is 0.944. The Morgan fingerprint density at radius 2 is 1.06 bits per heavy atom. The van der Waals surface area contributed by atoms with Crippen molar-refractivity contribution in [2.24, 2.45) is 10.8 Å². The number of esters is 2. The quantitative estimate of drug-likeness (QED) is 0.0244. The molecule has 3 amide bonds. The number of carboxylic acid groups (broad SMARTS) is 1. The first kappa shape index (κ1) is 53.3. The van der Waals surface area contributed by atoms with Crippen molar-refractivity contribution < 1.29 is 63.1 Å². The van der Waals surface area contributed by atoms with E-state index in [0.29, 0.717) is 42.6 Å². The maximum atomic E-state index is 14.3. The molecule has 0 aliphatic rings. The molecule has 0 spiro atoms. The van der Waals surface area contributed by atoms with Crippen molar-refractivity contribution in [1.29, 1.82) is 0 Å². The number of carboxylic acids is 1. The van der Waals surface area contributed by atoms with Gasteiger partial charge in [0.25, 0.3) is 0 Å². The van der Waals surface area contributed by atoms with Crippen LogP contribution in [0.15, 0.2) is 97.1 Å². The van der Waals surface area contributed by atoms with Gasteiger partial charge in [-0.25, -0.2) is 0 Å². The SMILES string of the molecule is CCC(C)(CC(C)(C)C(=O)N[C@@H](Cc1ccc(O)cc1)C(=O)NCCc1ccc(OC(=O)CC(=O)O)cc1)C(=O)N[C@@H](Cc1ccc(O)cc1)C(=O)CCCc1ccc(OC(=O)CC(C)=O)cc1. The summed E-state index contributed by atoms with van der Waals surface area (Å²) in [7, 11) is 0. The predicted molar refractivity (Wildman–Crippen MR) is 251 cm³/mol. The maximum absolute atomic E-state index is 14.3. The van der Waals surface area contributed by atoms with Gasteiger partial charge in [0.1, 0.15) is 47.7 Å². The average molecular weight is 936 g/mol. The Balaban J connectivity index is 1.42. The first-order valence-corrected chi connectivity index (χ1v) is 22.4. The number of hydrogen-bond donors (Lipinski definition) is 6. The Morgan fingerprint density at radius 3 is 1.54 bits per heavy atom. The van der Waals surface area contributed by atoms with Gasteiger partial charge in [-0.2, -0.15) is 0 Å². The lowest BCUT2D eigenvalue weighted by atomic mass is 9.71. The topological polar surface area (TPSA) is 252 Å². The van der Waals surface area contributed by atoms with E-state index in [1.165, 1.54) is 43.3 Å². The number of amides is 3. The molecule has 16 heteroatoms. The van der Waals surface area contributed by atoms with Crippen molar-refractivity contribution in [3.8, 4) is 23.0 Å². The van der Waals surface area contributed by atoms with Crippen molar-refractivity contribution in [3.63, 3.8) is 0 Å². The molecule has 0 saturated heterocycles. The van der Waals surface area contributed by atoms with Gasteiger partial charge in [0.05, 0.1) is 6.04 Å². The van der Waals surface area contributed by atoms with Crippen LogP contribution in [0.4, 0.5) is 0 Å². The Hall–Kier alpha value is -7.36. The van der Waals surface area contributed by atoms with E-state index in [2.05, 4.69) is 16.0 Å². The molecule has 0 aliphatic heterocycles. The van der Waals surface area contributed by atoms with E-state index in [0.717, 1.165) is 11.1 Å². The first-order chi connectivity index (χ1) is 32.1. The minimum atomic E-state index is -1.31. The number of hydrogen-bond acceptors (Lipinski definition) is 12. The van der Waals surface area contributed by atoms with Crippen molar-refractivity contribution in [2.75, 3.05) is 6.54 Å². The summed E-state index contributed by atoms with van der Waals surface area (Å²) in [4.78, 5) is 102. The fourth-order valence-corrected chi connectivity index (χ4v) is 7.50. The van der Waals surface area contributed by atoms with E-state index in [-0.39, 0.29) is 67.5 Å². The predicted octanol–water partition coefficient (Wildman–Crippen LogP) is 5.90. The number of aryl methyl sites for hydroxylation is 1. The highest BCUT2D eigenvalue weighted by Gasteiger charge is 2.43. The molecule has 0 aliphatic carbocycles. The molecule has 4 rings (SSSR count). The summed E-state index contributed by atoms with van der Waals surface area (Å²) < 4.78 is 10.2. The molecular weight excluding hydrogens is 875 g/mol. The van der Waals surface area contributed by atoms with Gasteiger partial charge in [0.2, 0.25) is 17.7 Å². The molecule has 6 N–H and O–H groups in total. The monoisotopic (exact) mass is 935 g/mol. The molecule has 362 valence electrons. The second kappa shape index (κ2) is 25.0. The van der Waals surface area contributed by atoms with Gasteiger partial charge < -0.3 is 40.7 Å². The first-order valence-electron chi connectivity index (χ1n) is 22.4. The number of nitrogens with one attached hydrogen (secondary N) is 3. The summed E-state index contributed by atoms with van der Waals surface area (Å²) >= 11 is 0. The number of phenolic OH excluding ortho intramolecular Hbond substituents is 2. The minimum absolute atomic E-state index is 0.0311. The lowest BCUT2D eigenvalue weighted by Crippen LogP contribution is -2.54. The molecule has 68 heavy (non-hydrogen) atoms. The number of carbonyl (C=O) groups is 8. The molecule has 0 heterocycles. The van der Waals surface area contributed by atoms with Crippen LogP contribution in [-0.2, 0) is 64.0 Å². The largest absolute Gasteiger partial charge is 0.508 e. The Morgan fingerprint density at radius 1 is 0.603 bits per heavy atom. The van der Waals surface area contributed by atoms with Crippen LogP contribution in [0.2, 0.25) is 0 Å². The average Bonchev–Trinajstić information content (AvgIpc) is 3.27. The van der Waals surface area contributed by atoms with Gasteiger partial charge >= 0.3 is 17.9 Å². The maximum Gasteiger partial charge on any atom is 0.322 e. The second-order valence-corrected chi connectivity index (χ2v) is 17.8. The number of ketones is 2. The molecule has 0 fully saturated rings. The molecule has 0 saturated carbocycles. The highest BCUT2D eigenvalue weighted by molar-refractivity contribution is 5.95. The Bertz CT molecular complexity index is 2400. The van der Waals surface area contributed by atoms with Crippen LogP contribution < -0.4 is 25.4 Å². The molecular formula is C52H61N3O13. The standard InChI is InChI=1S/C52H61N3O13/c1-6-52(5,50(66)54-42(29-36-10-18-38(57)19-11-36)44(59)9-7-8-34-14-22-40(23-15-34)67-46(62)28-33(2)56)32-51(3,4)49(65)55-43(30-37-12-20-39(58)21-13-37)48(64)53-27-26-35-16-24-41(25-17-35)68-47(63)31-45(60)61/h10-25,42-43,57-58H,6-9,26-32H2,1-5H3,(H,53,64)(H,54,66)(H,55,65)(H,60,61)/t42-,43-,52?/m0/s1. The summed E-state index contributed by atoms with van der Waals surface area (Å²) in [5, 5.41) is 37.3. The fourth-order valence-electron chi connectivity index (χ4n) is 7.50. The zero-order valence-electron chi connectivity index (χ0n) is 39.1. The summed E-state index contributed by atoms with van der Waals surface area (Å²) in [6.45, 7) is 8.40. The lowest BCUT2D eigenvalue weighted by Gasteiger charge is -2.36. The zero-order valence-corrected chi connectivity index (χ0v) is 39.1. The van der Waals surface area contributed by atoms with E-state index < -0.39 is 65.0 Å². The van der Waals surface area contributed by atoms with Crippen LogP contribution in [0.25, 0.3) is 0 Å². The number of phenols is 2. The molecule has 16 nitrogen and oxygen atoms in total. The molecule has 4 aromatic rings. The van der Waals surface area contributed by atoms with Crippen LogP contribution in [0.5, 0.6) is 23.0 Å². The van der Waals surface area contributed by atoms with E-state index in [4.69, 9.17) is 14.6 Å². The van der Waals surface area contributed by atoms with E-state index in [9.17, 15) is 48.6 Å². The van der Waals surface area contributed by atoms with E-state index in [1.807, 2.05) is 6.92 Å². The van der Waals surface area contributed by atoms with Gasteiger partial charge in [0.15, 0.2) is 5.78 Å². The van der Waals surface area contributed by atoms with Gasteiger partial charge in [-0.05, 0) is 116 Å². The Labute approximate surface area is 395 Å². The summed E-state index contributed by atoms with van der Waals surface area (Å²) in [5.41, 5.74) is 0.688. The third kappa shape index (κ3) is 17.5. The van der Waals surface area contributed by atoms with Crippen LogP contribution in [0, 0.1) is 10.8 Å². The number of Topliss-reactive ketones (excluding diaryl/α,β-unsaturated/α-hetero) is 2. The molecule has 0 aromatic heterocycles. The highest BCUT2D eigenvalue weighted by Crippen LogP contribution is 2.37. The van der Waals surface area contributed by atoms with Crippen molar-refractivity contribution >= 4 is 47.2 Å². The second-order valence-electron chi connectivity index (χ2n) is 17.8. The van der Waals surface area contributed by atoms with Crippen molar-refractivity contribution in [2.45, 2.75) is 111 Å². The van der Waals surface area contributed by atoms with Crippen LogP contribution in [0.3, 0.4) is 0 Å². The Kier molecular flexibility index (Phi) is 19.6. The number of carbonyl (C=O) groups excluding carboxylic acids is 7. The summed E-state index contributed by atoms with van der Waals surface area (Å²) in [5.74, 6) is -4.24. The lowest BCUT2D eigenvalue weighted by molar-refractivity contribution is -0.146. The molecule has 0 radical (unpaired) electrons. The number of rotatable bonds is 26. The van der Waals surface area contributed by atoms with Crippen molar-refractivity contribution in [1.82, 2.24) is 16.0 Å². The molecule has 3 atom stereocenters. The third-order valence-corrected chi connectivity index (χ3v) is 11.4. The van der Waals surface area contributed by atoms with Gasteiger partial charge in [-0.15, -0.1) is 0 Å². The van der Waals surface area contributed by atoms with Gasteiger partial charge in [-0.1, -0.05) is 76.2 Å². The highest BCUT2D eigenvalue weighted by atomic mass is 16.5. The zero-order chi connectivity index (χ0) is 50.0. The number of aromatic hydroxyl groups is 2. The van der Waals surface area contributed by atoms with E-state index in [1.54, 1.807) is 81.4 Å². The van der Waals surface area contributed by atoms with Crippen LogP contribution in [0.1, 0.15) is 95.4 Å². The normalized spacial score (nSPS) is 12.9. The summed E-state index contributed by atoms with van der Waals surface area (Å²) in [6, 6.07) is 23.7. The fraction of sp³-hybridized carbons (Fsp3) is 0.385. The third-order valence-electron chi connectivity index (χ3n) is 11.4. The van der Waals surface area contributed by atoms with E-state index >= 15 is 0 Å². The number of ether oxygens (including phenoxy) is 2. The van der Waals surface area contributed by atoms with Gasteiger partial charge in [0, 0.05) is 30.2 Å². The van der Waals surface area contributed by atoms with Crippen molar-refractivity contribution in [3.05, 3.63) is 119 Å². The minimum Gasteiger partial charge on any atom is -0.508 e. The molecule has 0 bridgehead atoms. The van der Waals surface area contributed by atoms with Crippen LogP contribution in [-0.4, -0.2) is 81.1 Å². The molecule has 4 aromatic carbocycles. The van der Waals surface area contributed by atoms with Crippen LogP contribution >= 0.6 is 0 Å². The van der Waals surface area contributed by atoms with Gasteiger partial charge in [-0.3, -0.25) is 38.4 Å². The molecule has 1 unspecified atom stereocenters.